The van der Waals surface area contributed by atoms with Crippen LogP contribution >= 0.6 is 0 Å². The molecule has 1 aromatic carbocycles. The first-order valence-corrected chi connectivity index (χ1v) is 7.82. The monoisotopic (exact) mass is 317 g/mol. The predicted molar refractivity (Wildman–Crippen MR) is 87.4 cm³/mol. The minimum Gasteiger partial charge on any atom is -0.496 e. The second-order valence-electron chi connectivity index (χ2n) is 5.94. The number of piperidine rings is 1. The highest BCUT2D eigenvalue weighted by molar-refractivity contribution is 5.88. The lowest BCUT2D eigenvalue weighted by molar-refractivity contribution is -0.144. The number of amides is 1. The van der Waals surface area contributed by atoms with Gasteiger partial charge in [-0.15, -0.1) is 0 Å². The van der Waals surface area contributed by atoms with E-state index in [0.717, 1.165) is 23.3 Å². The van der Waals surface area contributed by atoms with E-state index in [4.69, 9.17) is 9.84 Å². The minimum absolute atomic E-state index is 0.108. The quantitative estimate of drug-likeness (QED) is 0.847. The number of allylic oxidation sites excluding steroid dienone is 1. The molecule has 5 nitrogen and oxygen atoms in total. The first-order chi connectivity index (χ1) is 11.0. The highest BCUT2D eigenvalue weighted by atomic mass is 16.5. The number of rotatable bonds is 5. The van der Waals surface area contributed by atoms with Gasteiger partial charge in [-0.1, -0.05) is 23.8 Å². The molecule has 0 radical (unpaired) electrons. The summed E-state index contributed by atoms with van der Waals surface area (Å²) in [4.78, 5) is 25.1. The topological polar surface area (TPSA) is 66.8 Å². The maximum Gasteiger partial charge on any atom is 0.308 e. The zero-order valence-electron chi connectivity index (χ0n) is 13.6. The van der Waals surface area contributed by atoms with Crippen LogP contribution in [0.15, 0.2) is 35.9 Å². The molecular formula is C18H23NO4. The molecule has 0 aromatic heterocycles. The smallest absolute Gasteiger partial charge is 0.308 e. The lowest BCUT2D eigenvalue weighted by Crippen LogP contribution is -2.41. The van der Waals surface area contributed by atoms with Crippen LogP contribution in [0.25, 0.3) is 0 Å². The number of carboxylic acid groups (broad SMARTS) is 1. The van der Waals surface area contributed by atoms with Gasteiger partial charge in [0, 0.05) is 19.2 Å². The molecule has 0 saturated carbocycles. The standard InChI is InChI=1S/C18H23NO4/c1-13(10-14-6-3-4-8-16(14)23-2)11-17(20)19-9-5-7-15(12-19)18(21)22/h3-4,6,8,11,15H,5,7,9-10,12H2,1-2H3,(H,21,22)/b13-11+. The van der Waals surface area contributed by atoms with Gasteiger partial charge in [-0.2, -0.15) is 0 Å². The molecule has 1 aromatic rings. The van der Waals surface area contributed by atoms with Gasteiger partial charge in [-0.25, -0.2) is 0 Å². The van der Waals surface area contributed by atoms with Gasteiger partial charge in [0.05, 0.1) is 13.0 Å². The number of nitrogens with zero attached hydrogens (tertiary/aromatic N) is 1. The minimum atomic E-state index is -0.822. The van der Waals surface area contributed by atoms with Crippen LogP contribution in [0.2, 0.25) is 0 Å². The second kappa shape index (κ2) is 7.81. The van der Waals surface area contributed by atoms with Crippen molar-refractivity contribution >= 4 is 11.9 Å². The van der Waals surface area contributed by atoms with Crippen LogP contribution in [-0.2, 0) is 16.0 Å². The Bertz CT molecular complexity index is 609. The fourth-order valence-corrected chi connectivity index (χ4v) is 2.88. The van der Waals surface area contributed by atoms with E-state index in [0.29, 0.717) is 25.9 Å². The van der Waals surface area contributed by atoms with Crippen molar-refractivity contribution in [1.82, 2.24) is 4.90 Å². The van der Waals surface area contributed by atoms with Crippen LogP contribution in [0.3, 0.4) is 0 Å². The lowest BCUT2D eigenvalue weighted by atomic mass is 9.98. The van der Waals surface area contributed by atoms with Crippen molar-refractivity contribution in [3.63, 3.8) is 0 Å². The van der Waals surface area contributed by atoms with E-state index in [-0.39, 0.29) is 5.91 Å². The third kappa shape index (κ3) is 4.58. The van der Waals surface area contributed by atoms with E-state index in [2.05, 4.69) is 0 Å². The average Bonchev–Trinajstić information content (AvgIpc) is 2.55. The second-order valence-corrected chi connectivity index (χ2v) is 5.94. The molecule has 1 aliphatic rings. The molecule has 23 heavy (non-hydrogen) atoms. The van der Waals surface area contributed by atoms with Crippen molar-refractivity contribution < 1.29 is 19.4 Å². The van der Waals surface area contributed by atoms with Crippen LogP contribution < -0.4 is 4.74 Å². The number of hydrogen-bond acceptors (Lipinski definition) is 3. The molecular weight excluding hydrogens is 294 g/mol. The summed E-state index contributed by atoms with van der Waals surface area (Å²) >= 11 is 0. The van der Waals surface area contributed by atoms with Gasteiger partial charge in [0.2, 0.25) is 5.91 Å². The van der Waals surface area contributed by atoms with Gasteiger partial charge in [0.25, 0.3) is 0 Å². The van der Waals surface area contributed by atoms with E-state index in [1.165, 1.54) is 0 Å². The van der Waals surface area contributed by atoms with E-state index >= 15 is 0 Å². The predicted octanol–water partition coefficient (Wildman–Crippen LogP) is 2.51. The Morgan fingerprint density at radius 2 is 2.13 bits per heavy atom. The molecule has 0 spiro atoms. The normalized spacial score (nSPS) is 18.6. The van der Waals surface area contributed by atoms with E-state index in [1.54, 1.807) is 18.1 Å². The molecule has 1 atom stereocenters. The Morgan fingerprint density at radius 3 is 2.83 bits per heavy atom. The molecule has 0 aliphatic carbocycles. The number of carbonyl (C=O) groups is 2. The molecule has 0 bridgehead atoms. The molecule has 124 valence electrons. The van der Waals surface area contributed by atoms with Crippen LogP contribution in [0.5, 0.6) is 5.75 Å². The summed E-state index contributed by atoms with van der Waals surface area (Å²) in [7, 11) is 1.63. The maximum absolute atomic E-state index is 12.3. The number of carbonyl (C=O) groups excluding carboxylic acids is 1. The summed E-state index contributed by atoms with van der Waals surface area (Å²) < 4.78 is 5.32. The first kappa shape index (κ1) is 17.1. The largest absolute Gasteiger partial charge is 0.496 e. The number of ether oxygens (including phenoxy) is 1. The van der Waals surface area contributed by atoms with Crippen molar-refractivity contribution in [3.8, 4) is 5.75 Å². The number of carboxylic acids is 1. The van der Waals surface area contributed by atoms with Crippen LogP contribution in [0, 0.1) is 5.92 Å². The SMILES string of the molecule is COc1ccccc1C/C(C)=C/C(=O)N1CCCC(C(=O)O)C1. The Labute approximate surface area is 136 Å². The zero-order valence-corrected chi connectivity index (χ0v) is 13.6. The fraction of sp³-hybridized carbons (Fsp3) is 0.444. The number of para-hydroxylation sites is 1. The first-order valence-electron chi connectivity index (χ1n) is 7.82. The number of aliphatic carboxylic acids is 1. The van der Waals surface area contributed by atoms with Gasteiger partial charge in [0.15, 0.2) is 0 Å². The van der Waals surface area contributed by atoms with Gasteiger partial charge in [-0.05, 0) is 37.8 Å². The number of benzene rings is 1. The number of methoxy groups -OCH3 is 1. The third-order valence-electron chi connectivity index (χ3n) is 4.11. The third-order valence-corrected chi connectivity index (χ3v) is 4.11. The molecule has 1 heterocycles. The van der Waals surface area contributed by atoms with E-state index < -0.39 is 11.9 Å². The maximum atomic E-state index is 12.3. The van der Waals surface area contributed by atoms with E-state index in [9.17, 15) is 9.59 Å². The summed E-state index contributed by atoms with van der Waals surface area (Å²) in [6, 6.07) is 7.72. The van der Waals surface area contributed by atoms with Crippen molar-refractivity contribution in [1.29, 1.82) is 0 Å². The molecule has 1 unspecified atom stereocenters. The Kier molecular flexibility index (Phi) is 5.79. The van der Waals surface area contributed by atoms with Crippen molar-refractivity contribution in [3.05, 3.63) is 41.5 Å². The lowest BCUT2D eigenvalue weighted by Gasteiger charge is -2.30. The molecule has 1 saturated heterocycles. The van der Waals surface area contributed by atoms with Gasteiger partial charge in [-0.3, -0.25) is 9.59 Å². The Hall–Kier alpha value is -2.30. The van der Waals surface area contributed by atoms with Gasteiger partial charge >= 0.3 is 5.97 Å². The molecule has 2 rings (SSSR count). The van der Waals surface area contributed by atoms with Gasteiger partial charge in [0.1, 0.15) is 5.75 Å². The van der Waals surface area contributed by atoms with Gasteiger partial charge < -0.3 is 14.7 Å². The number of likely N-dealkylation sites (tertiary alicyclic amines) is 1. The molecule has 1 N–H and O–H groups in total. The fourth-order valence-electron chi connectivity index (χ4n) is 2.88. The molecule has 5 heteroatoms. The highest BCUT2D eigenvalue weighted by Gasteiger charge is 2.27. The summed E-state index contributed by atoms with van der Waals surface area (Å²) in [5.41, 5.74) is 1.95. The van der Waals surface area contributed by atoms with Crippen LogP contribution in [-0.4, -0.2) is 42.1 Å². The summed E-state index contributed by atoms with van der Waals surface area (Å²) in [5, 5.41) is 9.10. The average molecular weight is 317 g/mol. The molecule has 1 amide bonds. The van der Waals surface area contributed by atoms with Crippen LogP contribution in [0.1, 0.15) is 25.3 Å². The van der Waals surface area contributed by atoms with E-state index in [1.807, 2.05) is 31.2 Å². The Balaban J connectivity index is 2.02. The summed E-state index contributed by atoms with van der Waals surface area (Å²) in [6.07, 6.45) is 3.62. The van der Waals surface area contributed by atoms with Crippen molar-refractivity contribution in [2.75, 3.05) is 20.2 Å². The zero-order chi connectivity index (χ0) is 16.8. The molecule has 1 aliphatic heterocycles. The van der Waals surface area contributed by atoms with Crippen molar-refractivity contribution in [2.24, 2.45) is 5.92 Å². The van der Waals surface area contributed by atoms with Crippen LogP contribution in [0.4, 0.5) is 0 Å². The summed E-state index contributed by atoms with van der Waals surface area (Å²) in [6.45, 7) is 2.83. The molecule has 1 fully saturated rings. The summed E-state index contributed by atoms with van der Waals surface area (Å²) in [5.74, 6) is -0.576. The Morgan fingerprint density at radius 1 is 1.39 bits per heavy atom. The highest BCUT2D eigenvalue weighted by Crippen LogP contribution is 2.21. The number of hydrogen-bond donors (Lipinski definition) is 1. The van der Waals surface area contributed by atoms with Crippen molar-refractivity contribution in [2.45, 2.75) is 26.2 Å².